The Morgan fingerprint density at radius 1 is 1.13 bits per heavy atom. The molecule has 0 aliphatic carbocycles. The number of aromatic amines is 1. The van der Waals surface area contributed by atoms with E-state index in [-0.39, 0.29) is 11.4 Å². The molecule has 0 spiro atoms. The van der Waals surface area contributed by atoms with Crippen LogP contribution in [0.2, 0.25) is 0 Å². The summed E-state index contributed by atoms with van der Waals surface area (Å²) in [6.07, 6.45) is 0. The number of fused-ring (bicyclic) bond motifs is 1. The summed E-state index contributed by atoms with van der Waals surface area (Å²) in [6, 6.07) is 11.7. The molecular weight excluding hydrogens is 297 g/mol. The molecule has 116 valence electrons. The predicted octanol–water partition coefficient (Wildman–Crippen LogP) is 3.64. The van der Waals surface area contributed by atoms with E-state index in [1.54, 1.807) is 31.2 Å². The predicted molar refractivity (Wildman–Crippen MR) is 84.8 cm³/mol. The number of carbonyl (C=O) groups excluding carboxylic acids is 2. The van der Waals surface area contributed by atoms with Crippen LogP contribution in [0.5, 0.6) is 0 Å². The smallest absolute Gasteiger partial charge is 0.379 e. The number of nitrogens with one attached hydrogen (secondary N) is 1. The van der Waals surface area contributed by atoms with Gasteiger partial charge < -0.3 is 9.72 Å². The molecule has 1 N–H and O–H groups in total. The number of hydrogen-bond donors (Lipinski definition) is 1. The van der Waals surface area contributed by atoms with Crippen LogP contribution >= 0.6 is 0 Å². The van der Waals surface area contributed by atoms with E-state index < -0.39 is 11.8 Å². The summed E-state index contributed by atoms with van der Waals surface area (Å²) in [6.45, 7) is 1.64. The van der Waals surface area contributed by atoms with Crippen molar-refractivity contribution in [3.05, 3.63) is 59.4 Å². The Morgan fingerprint density at radius 2 is 1.87 bits per heavy atom. The zero-order chi connectivity index (χ0) is 16.6. The number of rotatable bonds is 3. The zero-order valence-electron chi connectivity index (χ0n) is 12.6. The fraction of sp³-hybridized carbons (Fsp3) is 0.111. The molecule has 0 radical (unpaired) electrons. The van der Waals surface area contributed by atoms with Crippen LogP contribution in [0, 0.1) is 12.7 Å². The Balaban J connectivity index is 2.29. The first-order valence-electron chi connectivity index (χ1n) is 7.02. The van der Waals surface area contributed by atoms with Crippen molar-refractivity contribution in [3.63, 3.8) is 0 Å². The number of ketones is 1. The van der Waals surface area contributed by atoms with Crippen LogP contribution in [0.1, 0.15) is 15.9 Å². The molecule has 3 aromatic rings. The molecule has 0 amide bonds. The minimum Gasteiger partial charge on any atom is -0.463 e. The van der Waals surface area contributed by atoms with Crippen LogP contribution < -0.4 is 0 Å². The molecular formula is C18H14FNO3. The second kappa shape index (κ2) is 5.68. The highest BCUT2D eigenvalue weighted by molar-refractivity contribution is 6.44. The van der Waals surface area contributed by atoms with E-state index in [1.165, 1.54) is 6.07 Å². The maximum Gasteiger partial charge on any atom is 0.379 e. The van der Waals surface area contributed by atoms with Crippen LogP contribution in [-0.4, -0.2) is 23.8 Å². The van der Waals surface area contributed by atoms with E-state index in [9.17, 15) is 14.0 Å². The quantitative estimate of drug-likeness (QED) is 0.456. The second-order valence-corrected chi connectivity index (χ2v) is 5.21. The average Bonchev–Trinajstić information content (AvgIpc) is 2.95. The normalized spacial score (nSPS) is 10.7. The van der Waals surface area contributed by atoms with Crippen LogP contribution in [-0.2, 0) is 9.53 Å². The molecule has 0 saturated heterocycles. The molecule has 0 aliphatic rings. The number of esters is 1. The van der Waals surface area contributed by atoms with Gasteiger partial charge in [-0.3, -0.25) is 4.79 Å². The standard InChI is InChI=1S/C18H14FNO3/c1-10-9-11(7-8-13(10)19)16-15(17(21)18(22)23-2)12-5-3-4-6-14(12)20-16/h3-9,20H,1-2H3. The lowest BCUT2D eigenvalue weighted by molar-refractivity contribution is -0.135. The van der Waals surface area contributed by atoms with Crippen molar-refractivity contribution in [1.29, 1.82) is 0 Å². The second-order valence-electron chi connectivity index (χ2n) is 5.21. The first-order chi connectivity index (χ1) is 11.0. The Kier molecular flexibility index (Phi) is 3.70. The average molecular weight is 311 g/mol. The lowest BCUT2D eigenvalue weighted by atomic mass is 10.0. The molecule has 0 saturated carbocycles. The number of carbonyl (C=O) groups is 2. The molecule has 2 aromatic carbocycles. The summed E-state index contributed by atoms with van der Waals surface area (Å²) in [5.74, 6) is -2.00. The number of methoxy groups -OCH3 is 1. The summed E-state index contributed by atoms with van der Waals surface area (Å²) in [7, 11) is 1.16. The maximum absolute atomic E-state index is 13.5. The van der Waals surface area contributed by atoms with Crippen molar-refractivity contribution in [1.82, 2.24) is 4.98 Å². The number of benzene rings is 2. The van der Waals surface area contributed by atoms with Crippen LogP contribution in [0.25, 0.3) is 22.2 Å². The number of aromatic nitrogens is 1. The van der Waals surface area contributed by atoms with Gasteiger partial charge in [-0.15, -0.1) is 0 Å². The fourth-order valence-corrected chi connectivity index (χ4v) is 2.59. The third kappa shape index (κ3) is 2.50. The lowest BCUT2D eigenvalue weighted by Crippen LogP contribution is -2.16. The van der Waals surface area contributed by atoms with Gasteiger partial charge in [0.1, 0.15) is 5.82 Å². The number of H-pyrrole nitrogens is 1. The van der Waals surface area contributed by atoms with Crippen molar-refractivity contribution >= 4 is 22.7 Å². The summed E-state index contributed by atoms with van der Waals surface area (Å²) >= 11 is 0. The monoisotopic (exact) mass is 311 g/mol. The molecule has 0 bridgehead atoms. The first-order valence-corrected chi connectivity index (χ1v) is 7.02. The maximum atomic E-state index is 13.5. The highest BCUT2D eigenvalue weighted by Gasteiger charge is 2.25. The molecule has 23 heavy (non-hydrogen) atoms. The van der Waals surface area contributed by atoms with Crippen LogP contribution in [0.15, 0.2) is 42.5 Å². The summed E-state index contributed by atoms with van der Waals surface area (Å²) in [5, 5.41) is 0.625. The van der Waals surface area contributed by atoms with Gasteiger partial charge in [0.25, 0.3) is 5.78 Å². The van der Waals surface area contributed by atoms with E-state index in [1.807, 2.05) is 12.1 Å². The van der Waals surface area contributed by atoms with Gasteiger partial charge in [0.05, 0.1) is 18.4 Å². The zero-order valence-corrected chi connectivity index (χ0v) is 12.6. The molecule has 0 unspecified atom stereocenters. The van der Waals surface area contributed by atoms with E-state index in [0.29, 0.717) is 22.2 Å². The molecule has 1 heterocycles. The van der Waals surface area contributed by atoms with Gasteiger partial charge in [-0.2, -0.15) is 0 Å². The molecule has 0 fully saturated rings. The molecule has 0 atom stereocenters. The van der Waals surface area contributed by atoms with E-state index in [2.05, 4.69) is 9.72 Å². The van der Waals surface area contributed by atoms with Gasteiger partial charge in [0.15, 0.2) is 0 Å². The molecule has 3 rings (SSSR count). The van der Waals surface area contributed by atoms with Gasteiger partial charge in [-0.1, -0.05) is 18.2 Å². The molecule has 0 aliphatic heterocycles. The SMILES string of the molecule is COC(=O)C(=O)c1c(-c2ccc(F)c(C)c2)[nH]c2ccccc12. The molecule has 5 heteroatoms. The van der Waals surface area contributed by atoms with Crippen molar-refractivity contribution in [2.24, 2.45) is 0 Å². The first kappa shape index (κ1) is 15.0. The Hall–Kier alpha value is -2.95. The minimum atomic E-state index is -0.935. The topological polar surface area (TPSA) is 59.2 Å². The largest absolute Gasteiger partial charge is 0.463 e. The third-order valence-corrected chi connectivity index (χ3v) is 3.75. The van der Waals surface area contributed by atoms with Gasteiger partial charge in [0, 0.05) is 10.9 Å². The number of Topliss-reactive ketones (excluding diaryl/α,β-unsaturated/α-hetero) is 1. The van der Waals surface area contributed by atoms with Gasteiger partial charge in [-0.25, -0.2) is 9.18 Å². The minimum absolute atomic E-state index is 0.235. The summed E-state index contributed by atoms with van der Waals surface area (Å²) in [5.41, 5.74) is 2.52. The van der Waals surface area contributed by atoms with Gasteiger partial charge in [0.2, 0.25) is 0 Å². The fourth-order valence-electron chi connectivity index (χ4n) is 2.59. The lowest BCUT2D eigenvalue weighted by Gasteiger charge is -2.05. The van der Waals surface area contributed by atoms with E-state index in [4.69, 9.17) is 0 Å². The Labute approximate surface area is 131 Å². The molecule has 1 aromatic heterocycles. The van der Waals surface area contributed by atoms with Gasteiger partial charge in [-0.05, 0) is 42.3 Å². The van der Waals surface area contributed by atoms with Crippen LogP contribution in [0.3, 0.4) is 0 Å². The van der Waals surface area contributed by atoms with Crippen molar-refractivity contribution in [2.45, 2.75) is 6.92 Å². The van der Waals surface area contributed by atoms with Crippen molar-refractivity contribution in [3.8, 4) is 11.3 Å². The third-order valence-electron chi connectivity index (χ3n) is 3.75. The van der Waals surface area contributed by atoms with Gasteiger partial charge >= 0.3 is 5.97 Å². The summed E-state index contributed by atoms with van der Waals surface area (Å²) < 4.78 is 18.1. The van der Waals surface area contributed by atoms with Crippen LogP contribution in [0.4, 0.5) is 4.39 Å². The summed E-state index contributed by atoms with van der Waals surface area (Å²) in [4.78, 5) is 27.3. The van der Waals surface area contributed by atoms with E-state index >= 15 is 0 Å². The van der Waals surface area contributed by atoms with Crippen molar-refractivity contribution < 1.29 is 18.7 Å². The highest BCUT2D eigenvalue weighted by Crippen LogP contribution is 2.31. The number of ether oxygens (including phenoxy) is 1. The van der Waals surface area contributed by atoms with E-state index in [0.717, 1.165) is 12.6 Å². The number of hydrogen-bond acceptors (Lipinski definition) is 3. The number of aryl methyl sites for hydroxylation is 1. The number of para-hydroxylation sites is 1. The highest BCUT2D eigenvalue weighted by atomic mass is 19.1. The Morgan fingerprint density at radius 3 is 2.57 bits per heavy atom. The molecule has 4 nitrogen and oxygen atoms in total. The van der Waals surface area contributed by atoms with Crippen molar-refractivity contribution in [2.75, 3.05) is 7.11 Å². The number of halogens is 1. The Bertz CT molecular complexity index is 927.